The summed E-state index contributed by atoms with van der Waals surface area (Å²) in [4.78, 5) is 12.3. The van der Waals surface area contributed by atoms with Gasteiger partial charge in [0.1, 0.15) is 0 Å². The van der Waals surface area contributed by atoms with E-state index in [4.69, 9.17) is 0 Å². The number of nitrogens with one attached hydrogen (secondary N) is 2. The molecule has 3 rings (SSSR count). The van der Waals surface area contributed by atoms with Gasteiger partial charge in [0.15, 0.2) is 0 Å². The van der Waals surface area contributed by atoms with E-state index < -0.39 is 0 Å². The molecule has 24 heavy (non-hydrogen) atoms. The van der Waals surface area contributed by atoms with E-state index in [1.165, 1.54) is 5.56 Å². The van der Waals surface area contributed by atoms with Gasteiger partial charge in [-0.1, -0.05) is 60.2 Å². The second kappa shape index (κ2) is 7.47. The van der Waals surface area contributed by atoms with Crippen LogP contribution in [0.5, 0.6) is 0 Å². The van der Waals surface area contributed by atoms with Crippen molar-refractivity contribution in [1.82, 2.24) is 0 Å². The molecule has 0 aromatic heterocycles. The molecule has 0 aliphatic rings. The molecular formula is C21H20N2O. The number of aryl methyl sites for hydroxylation is 1. The third-order valence-electron chi connectivity index (χ3n) is 3.74. The van der Waals surface area contributed by atoms with E-state index in [-0.39, 0.29) is 5.91 Å². The number of rotatable bonds is 5. The number of carbonyl (C=O) groups is 1. The zero-order valence-corrected chi connectivity index (χ0v) is 13.6. The fourth-order valence-corrected chi connectivity index (χ4v) is 2.47. The highest BCUT2D eigenvalue weighted by molar-refractivity contribution is 5.96. The van der Waals surface area contributed by atoms with Gasteiger partial charge in [-0.2, -0.15) is 0 Å². The molecule has 0 saturated heterocycles. The summed E-state index contributed by atoms with van der Waals surface area (Å²) >= 11 is 0. The van der Waals surface area contributed by atoms with Crippen LogP contribution in [0.3, 0.4) is 0 Å². The monoisotopic (exact) mass is 316 g/mol. The van der Waals surface area contributed by atoms with E-state index in [0.717, 1.165) is 22.6 Å². The molecular weight excluding hydrogens is 296 g/mol. The number of hydrogen-bond acceptors (Lipinski definition) is 2. The Bertz CT molecular complexity index is 811. The molecule has 3 aromatic rings. The van der Waals surface area contributed by atoms with E-state index in [1.807, 2.05) is 66.7 Å². The predicted molar refractivity (Wildman–Crippen MR) is 99.7 cm³/mol. The Morgan fingerprint density at radius 1 is 0.792 bits per heavy atom. The van der Waals surface area contributed by atoms with Crippen LogP contribution in [-0.2, 0) is 11.2 Å². The smallest absolute Gasteiger partial charge is 0.228 e. The largest absolute Gasteiger partial charge is 0.354 e. The molecule has 0 spiro atoms. The minimum Gasteiger partial charge on any atom is -0.354 e. The van der Waals surface area contributed by atoms with E-state index in [0.29, 0.717) is 6.42 Å². The number of benzene rings is 3. The van der Waals surface area contributed by atoms with Crippen molar-refractivity contribution in [2.75, 3.05) is 10.6 Å². The second-order valence-electron chi connectivity index (χ2n) is 5.75. The third kappa shape index (κ3) is 4.23. The molecule has 3 aromatic carbocycles. The first-order valence-electron chi connectivity index (χ1n) is 7.97. The van der Waals surface area contributed by atoms with Gasteiger partial charge in [0.2, 0.25) is 5.91 Å². The van der Waals surface area contributed by atoms with Crippen LogP contribution in [0.15, 0.2) is 78.9 Å². The first kappa shape index (κ1) is 15.8. The lowest BCUT2D eigenvalue weighted by molar-refractivity contribution is -0.115. The van der Waals surface area contributed by atoms with Crippen molar-refractivity contribution in [3.05, 3.63) is 90.0 Å². The first-order valence-corrected chi connectivity index (χ1v) is 7.97. The van der Waals surface area contributed by atoms with Gasteiger partial charge in [0.05, 0.1) is 17.8 Å². The van der Waals surface area contributed by atoms with Crippen LogP contribution in [0, 0.1) is 6.92 Å². The van der Waals surface area contributed by atoms with Gasteiger partial charge in [0, 0.05) is 5.69 Å². The number of hydrogen-bond donors (Lipinski definition) is 2. The summed E-state index contributed by atoms with van der Waals surface area (Å²) in [6.45, 7) is 2.06. The summed E-state index contributed by atoms with van der Waals surface area (Å²) in [5.74, 6) is -0.0284. The van der Waals surface area contributed by atoms with Crippen LogP contribution >= 0.6 is 0 Å². The quantitative estimate of drug-likeness (QED) is 0.701. The SMILES string of the molecule is Cc1ccc(Nc2ccccc2NC(=O)Cc2ccccc2)cc1. The Morgan fingerprint density at radius 2 is 1.42 bits per heavy atom. The number of carbonyl (C=O) groups excluding carboxylic acids is 1. The molecule has 3 heteroatoms. The summed E-state index contributed by atoms with van der Waals surface area (Å²) in [6, 6.07) is 25.6. The Hall–Kier alpha value is -3.07. The Kier molecular flexibility index (Phi) is 4.92. The fourth-order valence-electron chi connectivity index (χ4n) is 2.47. The van der Waals surface area contributed by atoms with Crippen LogP contribution in [0.2, 0.25) is 0 Å². The fraction of sp³-hybridized carbons (Fsp3) is 0.0952. The van der Waals surface area contributed by atoms with Crippen LogP contribution in [0.4, 0.5) is 17.1 Å². The standard InChI is InChI=1S/C21H20N2O/c1-16-11-13-18(14-12-16)22-19-9-5-6-10-20(19)23-21(24)15-17-7-3-2-4-8-17/h2-14,22H,15H2,1H3,(H,23,24). The van der Waals surface area contributed by atoms with Crippen LogP contribution in [0.25, 0.3) is 0 Å². The molecule has 1 amide bonds. The molecule has 0 fully saturated rings. The minimum absolute atomic E-state index is 0.0284. The van der Waals surface area contributed by atoms with Crippen molar-refractivity contribution >= 4 is 23.0 Å². The summed E-state index contributed by atoms with van der Waals surface area (Å²) in [6.07, 6.45) is 0.361. The topological polar surface area (TPSA) is 41.1 Å². The van der Waals surface area contributed by atoms with Gasteiger partial charge in [0.25, 0.3) is 0 Å². The highest BCUT2D eigenvalue weighted by atomic mass is 16.1. The van der Waals surface area contributed by atoms with Gasteiger partial charge in [-0.05, 0) is 36.8 Å². The summed E-state index contributed by atoms with van der Waals surface area (Å²) < 4.78 is 0. The van der Waals surface area contributed by atoms with Gasteiger partial charge in [-0.3, -0.25) is 4.79 Å². The predicted octanol–water partition coefficient (Wildman–Crippen LogP) is 4.92. The molecule has 120 valence electrons. The molecule has 0 aliphatic heterocycles. The van der Waals surface area contributed by atoms with Crippen molar-refractivity contribution in [1.29, 1.82) is 0 Å². The summed E-state index contributed by atoms with van der Waals surface area (Å²) in [5.41, 5.74) is 4.86. The van der Waals surface area contributed by atoms with E-state index in [9.17, 15) is 4.79 Å². The van der Waals surface area contributed by atoms with Crippen molar-refractivity contribution in [3.8, 4) is 0 Å². The average molecular weight is 316 g/mol. The highest BCUT2D eigenvalue weighted by Crippen LogP contribution is 2.25. The van der Waals surface area contributed by atoms with Crippen molar-refractivity contribution < 1.29 is 4.79 Å². The molecule has 0 bridgehead atoms. The zero-order valence-electron chi connectivity index (χ0n) is 13.6. The average Bonchev–Trinajstić information content (AvgIpc) is 2.59. The molecule has 2 N–H and O–H groups in total. The van der Waals surface area contributed by atoms with Gasteiger partial charge >= 0.3 is 0 Å². The molecule has 0 atom stereocenters. The first-order chi connectivity index (χ1) is 11.7. The van der Waals surface area contributed by atoms with Crippen molar-refractivity contribution in [2.24, 2.45) is 0 Å². The lowest BCUT2D eigenvalue weighted by Gasteiger charge is -2.13. The Morgan fingerprint density at radius 3 is 2.12 bits per heavy atom. The van der Waals surface area contributed by atoms with Crippen molar-refractivity contribution in [3.63, 3.8) is 0 Å². The number of amides is 1. The van der Waals surface area contributed by atoms with E-state index >= 15 is 0 Å². The Balaban J connectivity index is 1.71. The van der Waals surface area contributed by atoms with Gasteiger partial charge < -0.3 is 10.6 Å². The van der Waals surface area contributed by atoms with Crippen LogP contribution < -0.4 is 10.6 Å². The normalized spacial score (nSPS) is 10.2. The third-order valence-corrected chi connectivity index (χ3v) is 3.74. The lowest BCUT2D eigenvalue weighted by Crippen LogP contribution is -2.15. The molecule has 3 nitrogen and oxygen atoms in total. The van der Waals surface area contributed by atoms with Crippen LogP contribution in [0.1, 0.15) is 11.1 Å². The molecule has 0 radical (unpaired) electrons. The minimum atomic E-state index is -0.0284. The maximum atomic E-state index is 12.3. The molecule has 0 aliphatic carbocycles. The second-order valence-corrected chi connectivity index (χ2v) is 5.75. The van der Waals surface area contributed by atoms with Crippen LogP contribution in [-0.4, -0.2) is 5.91 Å². The van der Waals surface area contributed by atoms with Crippen molar-refractivity contribution in [2.45, 2.75) is 13.3 Å². The Labute approximate surface area is 142 Å². The number of anilines is 3. The molecule has 0 saturated carbocycles. The molecule has 0 unspecified atom stereocenters. The summed E-state index contributed by atoms with van der Waals surface area (Å²) in [5, 5.41) is 6.34. The highest BCUT2D eigenvalue weighted by Gasteiger charge is 2.07. The van der Waals surface area contributed by atoms with E-state index in [2.05, 4.69) is 29.7 Å². The lowest BCUT2D eigenvalue weighted by atomic mass is 10.1. The summed E-state index contributed by atoms with van der Waals surface area (Å²) in [7, 11) is 0. The maximum absolute atomic E-state index is 12.3. The van der Waals surface area contributed by atoms with E-state index in [1.54, 1.807) is 0 Å². The maximum Gasteiger partial charge on any atom is 0.228 e. The molecule has 0 heterocycles. The zero-order chi connectivity index (χ0) is 16.8. The van der Waals surface area contributed by atoms with Gasteiger partial charge in [-0.15, -0.1) is 0 Å². The number of para-hydroxylation sites is 2. The van der Waals surface area contributed by atoms with Gasteiger partial charge in [-0.25, -0.2) is 0 Å².